The highest BCUT2D eigenvalue weighted by molar-refractivity contribution is 6.32. The van der Waals surface area contributed by atoms with E-state index in [9.17, 15) is 22.8 Å². The van der Waals surface area contributed by atoms with Gasteiger partial charge in [-0.3, -0.25) is 4.79 Å². The number of hydrogen-bond acceptors (Lipinski definition) is 5. The minimum Gasteiger partial charge on any atom is -0.495 e. The average Bonchev–Trinajstić information content (AvgIpc) is 2.59. The maximum atomic E-state index is 12.1. The first kappa shape index (κ1) is 20.4. The molecule has 0 saturated heterocycles. The highest BCUT2D eigenvalue weighted by atomic mass is 35.5. The van der Waals surface area contributed by atoms with Gasteiger partial charge in [-0.2, -0.15) is 0 Å². The predicted octanol–water partition coefficient (Wildman–Crippen LogP) is 4.04. The molecule has 27 heavy (non-hydrogen) atoms. The van der Waals surface area contributed by atoms with E-state index in [1.54, 1.807) is 12.1 Å². The van der Waals surface area contributed by atoms with Crippen LogP contribution in [0.2, 0.25) is 5.02 Å². The highest BCUT2D eigenvalue weighted by Crippen LogP contribution is 2.27. The fourth-order valence-electron chi connectivity index (χ4n) is 1.95. The first-order valence-electron chi connectivity index (χ1n) is 7.34. The van der Waals surface area contributed by atoms with Gasteiger partial charge in [-0.15, -0.1) is 13.2 Å². The van der Waals surface area contributed by atoms with E-state index in [1.165, 1.54) is 13.2 Å². The maximum absolute atomic E-state index is 12.1. The van der Waals surface area contributed by atoms with Crippen LogP contribution in [0.5, 0.6) is 11.5 Å². The van der Waals surface area contributed by atoms with E-state index in [0.717, 1.165) is 24.3 Å². The van der Waals surface area contributed by atoms with Gasteiger partial charge in [-0.25, -0.2) is 4.79 Å². The Labute approximate surface area is 156 Å². The van der Waals surface area contributed by atoms with Crippen LogP contribution in [-0.4, -0.2) is 32.0 Å². The topological polar surface area (TPSA) is 73.9 Å². The smallest absolute Gasteiger partial charge is 0.495 e. The fourth-order valence-corrected chi connectivity index (χ4v) is 2.21. The van der Waals surface area contributed by atoms with Crippen molar-refractivity contribution in [3.63, 3.8) is 0 Å². The molecule has 1 N–H and O–H groups in total. The lowest BCUT2D eigenvalue weighted by Gasteiger charge is -2.10. The zero-order chi connectivity index (χ0) is 20.0. The third kappa shape index (κ3) is 6.37. The summed E-state index contributed by atoms with van der Waals surface area (Å²) in [4.78, 5) is 23.6. The third-order valence-electron chi connectivity index (χ3n) is 3.09. The molecule has 1 amide bonds. The van der Waals surface area contributed by atoms with E-state index >= 15 is 0 Å². The molecule has 0 unspecified atom stereocenters. The summed E-state index contributed by atoms with van der Waals surface area (Å²) in [7, 11) is 1.45. The monoisotopic (exact) mass is 403 g/mol. The molecule has 2 aromatic rings. The lowest BCUT2D eigenvalue weighted by atomic mass is 10.2. The summed E-state index contributed by atoms with van der Waals surface area (Å²) < 4.78 is 49.7. The second kappa shape index (κ2) is 8.63. The molecule has 0 radical (unpaired) electrons. The number of anilines is 1. The molecule has 0 saturated carbocycles. The average molecular weight is 404 g/mol. The van der Waals surface area contributed by atoms with Crippen LogP contribution in [0.1, 0.15) is 10.4 Å². The summed E-state index contributed by atoms with van der Waals surface area (Å²) in [6.07, 6.45) is -4.83. The zero-order valence-corrected chi connectivity index (χ0v) is 14.6. The number of methoxy groups -OCH3 is 1. The summed E-state index contributed by atoms with van der Waals surface area (Å²) >= 11 is 5.93. The van der Waals surface area contributed by atoms with Gasteiger partial charge in [0, 0.05) is 5.69 Å². The van der Waals surface area contributed by atoms with E-state index in [1.807, 2.05) is 0 Å². The SMILES string of the molecule is COc1ccc(NC(=O)COC(=O)c2ccc(OC(F)(F)F)cc2)cc1Cl. The zero-order valence-electron chi connectivity index (χ0n) is 13.8. The summed E-state index contributed by atoms with van der Waals surface area (Å²) in [5, 5.41) is 2.76. The van der Waals surface area contributed by atoms with Gasteiger partial charge in [-0.05, 0) is 42.5 Å². The van der Waals surface area contributed by atoms with Crippen LogP contribution in [0.25, 0.3) is 0 Å². The van der Waals surface area contributed by atoms with Crippen LogP contribution < -0.4 is 14.8 Å². The van der Waals surface area contributed by atoms with Gasteiger partial charge in [0.05, 0.1) is 17.7 Å². The number of ether oxygens (including phenoxy) is 3. The Morgan fingerprint density at radius 3 is 2.33 bits per heavy atom. The number of carbonyl (C=O) groups excluding carboxylic acids is 2. The minimum absolute atomic E-state index is 0.0372. The number of benzene rings is 2. The second-order valence-electron chi connectivity index (χ2n) is 5.05. The quantitative estimate of drug-likeness (QED) is 0.737. The molecule has 0 spiro atoms. The number of carbonyl (C=O) groups is 2. The van der Waals surface area contributed by atoms with E-state index in [0.29, 0.717) is 11.4 Å². The molecular formula is C17H13ClF3NO5. The molecule has 0 heterocycles. The molecule has 0 aliphatic rings. The van der Waals surface area contributed by atoms with Crippen molar-refractivity contribution < 1.29 is 37.0 Å². The van der Waals surface area contributed by atoms with Crippen LogP contribution in [0.4, 0.5) is 18.9 Å². The van der Waals surface area contributed by atoms with Crippen molar-refractivity contribution in [1.82, 2.24) is 0 Å². The number of esters is 1. The van der Waals surface area contributed by atoms with Crippen molar-refractivity contribution in [2.75, 3.05) is 19.0 Å². The van der Waals surface area contributed by atoms with Crippen molar-refractivity contribution in [1.29, 1.82) is 0 Å². The number of halogens is 4. The lowest BCUT2D eigenvalue weighted by Crippen LogP contribution is -2.21. The van der Waals surface area contributed by atoms with Crippen molar-refractivity contribution >= 4 is 29.2 Å². The van der Waals surface area contributed by atoms with Crippen LogP contribution in [-0.2, 0) is 9.53 Å². The van der Waals surface area contributed by atoms with Crippen molar-refractivity contribution in [3.8, 4) is 11.5 Å². The Hall–Kier alpha value is -2.94. The Bertz CT molecular complexity index is 824. The predicted molar refractivity (Wildman–Crippen MR) is 90.0 cm³/mol. The number of alkyl halides is 3. The largest absolute Gasteiger partial charge is 0.573 e. The molecule has 144 valence electrons. The van der Waals surface area contributed by atoms with Gasteiger partial charge in [0.25, 0.3) is 5.91 Å². The summed E-state index contributed by atoms with van der Waals surface area (Å²) in [5.74, 6) is -1.55. The summed E-state index contributed by atoms with van der Waals surface area (Å²) in [5.41, 5.74) is 0.334. The maximum Gasteiger partial charge on any atom is 0.573 e. The molecule has 0 aliphatic carbocycles. The number of hydrogen-bond donors (Lipinski definition) is 1. The summed E-state index contributed by atoms with van der Waals surface area (Å²) in [6.45, 7) is -0.594. The van der Waals surface area contributed by atoms with Gasteiger partial charge in [0.1, 0.15) is 11.5 Å². The molecule has 0 atom stereocenters. The Morgan fingerprint density at radius 2 is 1.78 bits per heavy atom. The highest BCUT2D eigenvalue weighted by Gasteiger charge is 2.31. The Kier molecular flexibility index (Phi) is 6.51. The standard InChI is InChI=1S/C17H13ClF3NO5/c1-25-14-7-4-11(8-13(14)18)22-15(23)9-26-16(24)10-2-5-12(6-3-10)27-17(19,20)21/h2-8H,9H2,1H3,(H,22,23). The molecule has 0 bridgehead atoms. The molecule has 0 fully saturated rings. The van der Waals surface area contributed by atoms with Crippen LogP contribution in [0.15, 0.2) is 42.5 Å². The first-order valence-corrected chi connectivity index (χ1v) is 7.72. The second-order valence-corrected chi connectivity index (χ2v) is 5.45. The molecule has 0 aliphatic heterocycles. The van der Waals surface area contributed by atoms with Gasteiger partial charge in [0.15, 0.2) is 6.61 Å². The van der Waals surface area contributed by atoms with Gasteiger partial charge in [0.2, 0.25) is 0 Å². The molecule has 2 aromatic carbocycles. The van der Waals surface area contributed by atoms with E-state index in [-0.39, 0.29) is 10.6 Å². The van der Waals surface area contributed by atoms with Crippen LogP contribution >= 0.6 is 11.6 Å². The van der Waals surface area contributed by atoms with Gasteiger partial charge in [-0.1, -0.05) is 11.6 Å². The van der Waals surface area contributed by atoms with E-state index in [4.69, 9.17) is 21.1 Å². The minimum atomic E-state index is -4.83. The number of amides is 1. The van der Waals surface area contributed by atoms with E-state index < -0.39 is 30.6 Å². The molecular weight excluding hydrogens is 391 g/mol. The fraction of sp³-hybridized carbons (Fsp3) is 0.176. The van der Waals surface area contributed by atoms with Crippen molar-refractivity contribution in [2.24, 2.45) is 0 Å². The van der Waals surface area contributed by atoms with E-state index in [2.05, 4.69) is 10.1 Å². The molecule has 6 nitrogen and oxygen atoms in total. The molecule has 10 heteroatoms. The first-order chi connectivity index (χ1) is 12.7. The molecule has 0 aromatic heterocycles. The Morgan fingerprint density at radius 1 is 1.11 bits per heavy atom. The Balaban J connectivity index is 1.87. The van der Waals surface area contributed by atoms with Crippen molar-refractivity contribution in [3.05, 3.63) is 53.1 Å². The normalized spacial score (nSPS) is 10.9. The number of rotatable bonds is 6. The van der Waals surface area contributed by atoms with Gasteiger partial charge >= 0.3 is 12.3 Å². The van der Waals surface area contributed by atoms with Crippen LogP contribution in [0, 0.1) is 0 Å². The third-order valence-corrected chi connectivity index (χ3v) is 3.39. The van der Waals surface area contributed by atoms with Crippen molar-refractivity contribution in [2.45, 2.75) is 6.36 Å². The number of nitrogens with one attached hydrogen (secondary N) is 1. The molecule has 2 rings (SSSR count). The van der Waals surface area contributed by atoms with Crippen LogP contribution in [0.3, 0.4) is 0 Å². The lowest BCUT2D eigenvalue weighted by molar-refractivity contribution is -0.274. The van der Waals surface area contributed by atoms with Gasteiger partial charge < -0.3 is 19.5 Å². The summed E-state index contributed by atoms with van der Waals surface area (Å²) in [6, 6.07) is 8.65.